The van der Waals surface area contributed by atoms with E-state index in [4.69, 9.17) is 14.2 Å². The van der Waals surface area contributed by atoms with Crippen LogP contribution in [0.1, 0.15) is 43.7 Å². The third-order valence-corrected chi connectivity index (χ3v) is 4.75. The summed E-state index contributed by atoms with van der Waals surface area (Å²) in [5.41, 5.74) is 0.786. The van der Waals surface area contributed by atoms with Crippen molar-refractivity contribution >= 4 is 11.9 Å². The Hall–Kier alpha value is -3.13. The summed E-state index contributed by atoms with van der Waals surface area (Å²) in [7, 11) is 1.36. The molecule has 1 aromatic heterocycles. The van der Waals surface area contributed by atoms with E-state index in [1.54, 1.807) is 0 Å². The van der Waals surface area contributed by atoms with E-state index in [0.29, 0.717) is 6.61 Å². The molecule has 1 heterocycles. The Morgan fingerprint density at radius 3 is 2.39 bits per heavy atom. The number of pyridine rings is 1. The van der Waals surface area contributed by atoms with Crippen molar-refractivity contribution in [1.82, 2.24) is 10.3 Å². The first-order valence-corrected chi connectivity index (χ1v) is 10.1. The van der Waals surface area contributed by atoms with Crippen LogP contribution in [-0.4, -0.2) is 47.3 Å². The molecule has 3 atom stereocenters. The molecule has 1 amide bonds. The zero-order chi connectivity index (χ0) is 23.0. The van der Waals surface area contributed by atoms with Gasteiger partial charge in [0.15, 0.2) is 17.2 Å². The Balaban J connectivity index is 1.97. The van der Waals surface area contributed by atoms with Gasteiger partial charge in [-0.3, -0.25) is 4.79 Å². The Morgan fingerprint density at radius 2 is 1.77 bits per heavy atom. The Labute approximate surface area is 182 Å². The molecule has 2 rings (SSSR count). The van der Waals surface area contributed by atoms with Gasteiger partial charge in [-0.1, -0.05) is 44.2 Å². The number of hydrogen-bond donors (Lipinski definition) is 2. The molecule has 0 bridgehead atoms. The second kappa shape index (κ2) is 11.3. The molecule has 0 radical (unpaired) electrons. The molecule has 0 unspecified atom stereocenters. The average Bonchev–Trinajstić information content (AvgIpc) is 2.76. The molecule has 1 aromatic carbocycles. The van der Waals surface area contributed by atoms with Gasteiger partial charge in [0.05, 0.1) is 19.8 Å². The second-order valence-electron chi connectivity index (χ2n) is 7.55. The molecule has 31 heavy (non-hydrogen) atoms. The van der Waals surface area contributed by atoms with Gasteiger partial charge in [-0.25, -0.2) is 9.78 Å². The smallest absolute Gasteiger partial charge is 0.328 e. The molecule has 8 nitrogen and oxygen atoms in total. The molecule has 0 saturated carbocycles. The summed E-state index contributed by atoms with van der Waals surface area (Å²) in [4.78, 5) is 28.9. The van der Waals surface area contributed by atoms with Crippen molar-refractivity contribution in [3.8, 4) is 11.5 Å². The van der Waals surface area contributed by atoms with Crippen LogP contribution in [0.25, 0.3) is 0 Å². The Morgan fingerprint density at radius 1 is 1.10 bits per heavy atom. The molecular formula is C23H30N2O6. The van der Waals surface area contributed by atoms with Crippen LogP contribution in [0.4, 0.5) is 0 Å². The lowest BCUT2D eigenvalue weighted by molar-refractivity contribution is -0.163. The van der Waals surface area contributed by atoms with Gasteiger partial charge >= 0.3 is 5.97 Å². The van der Waals surface area contributed by atoms with E-state index in [9.17, 15) is 14.7 Å². The van der Waals surface area contributed by atoms with E-state index < -0.39 is 29.8 Å². The summed E-state index contributed by atoms with van der Waals surface area (Å²) >= 11 is 0. The number of esters is 1. The number of aromatic nitrogens is 1. The zero-order valence-electron chi connectivity index (χ0n) is 18.5. The molecule has 0 aliphatic heterocycles. The minimum Gasteiger partial charge on any atom is -0.503 e. The van der Waals surface area contributed by atoms with Crippen LogP contribution in [-0.2, 0) is 20.9 Å². The number of ether oxygens (including phenoxy) is 3. The summed E-state index contributed by atoms with van der Waals surface area (Å²) in [6.07, 6.45) is 0.479. The van der Waals surface area contributed by atoms with Crippen molar-refractivity contribution in [2.24, 2.45) is 5.92 Å². The highest BCUT2D eigenvalue weighted by atomic mass is 16.6. The van der Waals surface area contributed by atoms with Crippen LogP contribution in [0, 0.1) is 5.92 Å². The predicted molar refractivity (Wildman–Crippen MR) is 115 cm³/mol. The summed E-state index contributed by atoms with van der Waals surface area (Å²) < 4.78 is 16.5. The first-order valence-electron chi connectivity index (χ1n) is 10.1. The van der Waals surface area contributed by atoms with Gasteiger partial charge in [0.2, 0.25) is 0 Å². The first kappa shape index (κ1) is 24.1. The molecular weight excluding hydrogens is 400 g/mol. The monoisotopic (exact) mass is 430 g/mol. The van der Waals surface area contributed by atoms with Gasteiger partial charge in [-0.05, 0) is 25.3 Å². The van der Waals surface area contributed by atoms with E-state index in [-0.39, 0.29) is 23.5 Å². The number of rotatable bonds is 10. The van der Waals surface area contributed by atoms with Gasteiger partial charge in [-0.2, -0.15) is 0 Å². The number of methoxy groups -OCH3 is 1. The zero-order valence-corrected chi connectivity index (χ0v) is 18.5. The molecule has 168 valence electrons. The number of aromatic hydroxyl groups is 1. The topological polar surface area (TPSA) is 107 Å². The summed E-state index contributed by atoms with van der Waals surface area (Å²) in [5.74, 6) is -1.60. The highest BCUT2D eigenvalue weighted by Crippen LogP contribution is 2.27. The van der Waals surface area contributed by atoms with Crippen molar-refractivity contribution in [3.63, 3.8) is 0 Å². The van der Waals surface area contributed by atoms with Crippen molar-refractivity contribution < 1.29 is 28.9 Å². The lowest BCUT2D eigenvalue weighted by Crippen LogP contribution is -2.44. The van der Waals surface area contributed by atoms with Crippen LogP contribution in [0.2, 0.25) is 0 Å². The minimum absolute atomic E-state index is 0.00159. The SMILES string of the molecule is COc1ccnc(C(=O)N[C@@H](C)C(=O)O[C@H](C(C)C)[C@H](C)OCc2ccccc2)c1O. The predicted octanol–water partition coefficient (Wildman–Crippen LogP) is 3.09. The highest BCUT2D eigenvalue weighted by molar-refractivity contribution is 5.97. The molecule has 0 fully saturated rings. The maximum atomic E-state index is 12.6. The van der Waals surface area contributed by atoms with Gasteiger partial charge < -0.3 is 24.6 Å². The van der Waals surface area contributed by atoms with E-state index in [0.717, 1.165) is 5.56 Å². The van der Waals surface area contributed by atoms with Gasteiger partial charge in [0.1, 0.15) is 12.1 Å². The number of carbonyl (C=O) groups excluding carboxylic acids is 2. The van der Waals surface area contributed by atoms with Crippen LogP contribution >= 0.6 is 0 Å². The molecule has 8 heteroatoms. The van der Waals surface area contributed by atoms with E-state index >= 15 is 0 Å². The fourth-order valence-electron chi connectivity index (χ4n) is 3.00. The number of carbonyl (C=O) groups is 2. The standard InChI is InChI=1S/C23H30N2O6/c1-14(2)21(16(4)30-13-17-9-7-6-8-10-17)31-23(28)15(3)25-22(27)19-20(26)18(29-5)11-12-24-19/h6-12,14-16,21,26H,13H2,1-5H3,(H,25,27)/t15-,16-,21+/m0/s1. The largest absolute Gasteiger partial charge is 0.503 e. The van der Waals surface area contributed by atoms with Crippen molar-refractivity contribution in [3.05, 3.63) is 53.9 Å². The number of amides is 1. The molecule has 0 saturated heterocycles. The lowest BCUT2D eigenvalue weighted by Gasteiger charge is -2.28. The van der Waals surface area contributed by atoms with Crippen LogP contribution < -0.4 is 10.1 Å². The van der Waals surface area contributed by atoms with Crippen molar-refractivity contribution in [2.75, 3.05) is 7.11 Å². The second-order valence-corrected chi connectivity index (χ2v) is 7.55. The fraction of sp³-hybridized carbons (Fsp3) is 0.435. The highest BCUT2D eigenvalue weighted by Gasteiger charge is 2.29. The number of hydrogen-bond acceptors (Lipinski definition) is 7. The molecule has 2 aromatic rings. The Bertz CT molecular complexity index is 872. The minimum atomic E-state index is -0.956. The summed E-state index contributed by atoms with van der Waals surface area (Å²) in [5, 5.41) is 12.6. The maximum Gasteiger partial charge on any atom is 0.328 e. The van der Waals surface area contributed by atoms with Crippen molar-refractivity contribution in [1.29, 1.82) is 0 Å². The van der Waals surface area contributed by atoms with E-state index in [1.807, 2.05) is 51.1 Å². The quantitative estimate of drug-likeness (QED) is 0.558. The van der Waals surface area contributed by atoms with Crippen LogP contribution in [0.15, 0.2) is 42.6 Å². The lowest BCUT2D eigenvalue weighted by atomic mass is 10.0. The number of nitrogens with one attached hydrogen (secondary N) is 1. The molecule has 0 aliphatic carbocycles. The van der Waals surface area contributed by atoms with Gasteiger partial charge in [0, 0.05) is 12.3 Å². The average molecular weight is 431 g/mol. The molecule has 2 N–H and O–H groups in total. The van der Waals surface area contributed by atoms with E-state index in [1.165, 1.54) is 26.3 Å². The van der Waals surface area contributed by atoms with Crippen LogP contribution in [0.5, 0.6) is 11.5 Å². The maximum absolute atomic E-state index is 12.6. The Kier molecular flexibility index (Phi) is 8.81. The normalized spacial score (nSPS) is 13.9. The van der Waals surface area contributed by atoms with Crippen LogP contribution in [0.3, 0.4) is 0 Å². The van der Waals surface area contributed by atoms with E-state index in [2.05, 4.69) is 10.3 Å². The van der Waals surface area contributed by atoms with Gasteiger partial charge in [-0.15, -0.1) is 0 Å². The van der Waals surface area contributed by atoms with Crippen molar-refractivity contribution in [2.45, 2.75) is 52.6 Å². The van der Waals surface area contributed by atoms with Gasteiger partial charge in [0.25, 0.3) is 5.91 Å². The third kappa shape index (κ3) is 6.68. The third-order valence-electron chi connectivity index (χ3n) is 4.75. The number of nitrogens with zero attached hydrogens (tertiary/aromatic N) is 1. The molecule has 0 spiro atoms. The first-order chi connectivity index (χ1) is 14.7. The summed E-state index contributed by atoms with van der Waals surface area (Å²) in [6.45, 7) is 7.62. The fourth-order valence-corrected chi connectivity index (χ4v) is 3.00. The number of benzene rings is 1. The molecule has 0 aliphatic rings. The summed E-state index contributed by atoms with van der Waals surface area (Å²) in [6, 6.07) is 10.2.